The van der Waals surface area contributed by atoms with Gasteiger partial charge < -0.3 is 20.9 Å². The summed E-state index contributed by atoms with van der Waals surface area (Å²) in [5, 5.41) is 21.4. The van der Waals surface area contributed by atoms with E-state index in [2.05, 4.69) is 5.32 Å². The van der Waals surface area contributed by atoms with Crippen molar-refractivity contribution in [2.45, 2.75) is 0 Å². The van der Waals surface area contributed by atoms with E-state index in [4.69, 9.17) is 22.1 Å². The molecule has 0 unspecified atom stereocenters. The van der Waals surface area contributed by atoms with Crippen molar-refractivity contribution >= 4 is 35.2 Å². The molecule has 0 saturated heterocycles. The number of primary amides is 1. The Balaban J connectivity index is 2.28. The second-order valence-electron chi connectivity index (χ2n) is 5.11. The first-order valence-corrected chi connectivity index (χ1v) is 7.69. The largest absolute Gasteiger partial charge is 0.508 e. The first kappa shape index (κ1) is 18.8. The number of nitrogens with zero attached hydrogens (tertiary/aromatic N) is 1. The Morgan fingerprint density at radius 3 is 2.58 bits per heavy atom. The quantitative estimate of drug-likeness (QED) is 0.408. The predicted molar refractivity (Wildman–Crippen MR) is 96.5 cm³/mol. The molecule has 0 aliphatic carbocycles. The number of carbonyl (C=O) groups is 2. The van der Waals surface area contributed by atoms with E-state index in [9.17, 15) is 20.0 Å². The number of rotatable bonds is 6. The van der Waals surface area contributed by atoms with Crippen LogP contribution < -0.4 is 15.8 Å². The molecule has 2 aromatic rings. The minimum absolute atomic E-state index is 0.0502. The van der Waals surface area contributed by atoms with Crippen LogP contribution in [0.5, 0.6) is 11.5 Å². The number of nitrogens with one attached hydrogen (secondary N) is 1. The number of halogens is 1. The molecule has 2 aromatic carbocycles. The van der Waals surface area contributed by atoms with Crippen molar-refractivity contribution in [2.24, 2.45) is 5.73 Å². The number of amides is 2. The minimum atomic E-state index is -0.666. The van der Waals surface area contributed by atoms with Crippen LogP contribution in [0.25, 0.3) is 6.08 Å². The highest BCUT2D eigenvalue weighted by atomic mass is 35.5. The number of nitrogens with two attached hydrogens (primary N) is 1. The zero-order valence-corrected chi connectivity index (χ0v) is 14.2. The number of anilines is 1. The molecule has 4 N–H and O–H groups in total. The number of aromatic hydroxyl groups is 1. The summed E-state index contributed by atoms with van der Waals surface area (Å²) in [7, 11) is 0. The van der Waals surface area contributed by atoms with Crippen LogP contribution >= 0.6 is 11.6 Å². The summed E-state index contributed by atoms with van der Waals surface area (Å²) in [6.45, 7) is -0.357. The molecule has 0 spiro atoms. The van der Waals surface area contributed by atoms with Crippen LogP contribution in [0.4, 0.5) is 5.69 Å². The lowest BCUT2D eigenvalue weighted by Gasteiger charge is -2.09. The van der Waals surface area contributed by atoms with E-state index >= 15 is 0 Å². The summed E-state index contributed by atoms with van der Waals surface area (Å²) < 4.78 is 5.26. The Morgan fingerprint density at radius 1 is 1.27 bits per heavy atom. The maximum Gasteiger partial charge on any atom is 0.266 e. The molecule has 0 aromatic heterocycles. The topological polar surface area (TPSA) is 125 Å². The van der Waals surface area contributed by atoms with E-state index in [1.54, 1.807) is 6.07 Å². The number of phenols is 1. The molecular formula is C18H14ClN3O4. The van der Waals surface area contributed by atoms with Crippen LogP contribution in [0, 0.1) is 11.3 Å². The third kappa shape index (κ3) is 5.26. The molecule has 0 fully saturated rings. The van der Waals surface area contributed by atoms with Crippen molar-refractivity contribution in [2.75, 3.05) is 11.9 Å². The second-order valence-corrected chi connectivity index (χ2v) is 5.54. The maximum absolute atomic E-state index is 12.3. The van der Waals surface area contributed by atoms with Crippen molar-refractivity contribution < 1.29 is 19.4 Å². The smallest absolute Gasteiger partial charge is 0.266 e. The van der Waals surface area contributed by atoms with E-state index in [-0.39, 0.29) is 23.7 Å². The molecule has 26 heavy (non-hydrogen) atoms. The van der Waals surface area contributed by atoms with Gasteiger partial charge in [0.1, 0.15) is 23.1 Å². The van der Waals surface area contributed by atoms with Crippen molar-refractivity contribution in [3.63, 3.8) is 0 Å². The van der Waals surface area contributed by atoms with Gasteiger partial charge in [-0.1, -0.05) is 11.6 Å². The summed E-state index contributed by atoms with van der Waals surface area (Å²) in [5.74, 6) is -1.02. The summed E-state index contributed by atoms with van der Waals surface area (Å²) in [6.07, 6.45) is 1.29. The summed E-state index contributed by atoms with van der Waals surface area (Å²) in [5.41, 5.74) is 5.60. The molecule has 2 rings (SSSR count). The zero-order valence-electron chi connectivity index (χ0n) is 13.4. The minimum Gasteiger partial charge on any atom is -0.508 e. The van der Waals surface area contributed by atoms with Crippen molar-refractivity contribution in [1.29, 1.82) is 5.26 Å². The van der Waals surface area contributed by atoms with Gasteiger partial charge in [0, 0.05) is 16.3 Å². The van der Waals surface area contributed by atoms with E-state index in [0.29, 0.717) is 16.3 Å². The number of carbonyl (C=O) groups excluding carboxylic acids is 2. The number of phenolic OH excluding ortho intramolecular Hbond substituents is 1. The number of ether oxygens (including phenoxy) is 1. The van der Waals surface area contributed by atoms with Gasteiger partial charge in [0.15, 0.2) is 6.61 Å². The average Bonchev–Trinajstić information content (AvgIpc) is 2.60. The predicted octanol–water partition coefficient (Wildman–Crippen LogP) is 2.46. The van der Waals surface area contributed by atoms with E-state index in [1.807, 2.05) is 0 Å². The molecule has 132 valence electrons. The van der Waals surface area contributed by atoms with Gasteiger partial charge in [0.05, 0.1) is 0 Å². The van der Waals surface area contributed by atoms with Gasteiger partial charge >= 0.3 is 0 Å². The fourth-order valence-electron chi connectivity index (χ4n) is 1.96. The highest BCUT2D eigenvalue weighted by Crippen LogP contribution is 2.25. The van der Waals surface area contributed by atoms with Crippen LogP contribution in [-0.2, 0) is 9.59 Å². The third-order valence-electron chi connectivity index (χ3n) is 3.13. The molecule has 0 atom stereocenters. The monoisotopic (exact) mass is 371 g/mol. The van der Waals surface area contributed by atoms with Crippen LogP contribution in [-0.4, -0.2) is 23.5 Å². The van der Waals surface area contributed by atoms with Gasteiger partial charge in [-0.3, -0.25) is 9.59 Å². The molecule has 0 bridgehead atoms. The molecule has 7 nitrogen and oxygen atoms in total. The summed E-state index contributed by atoms with van der Waals surface area (Å²) in [4.78, 5) is 23.2. The van der Waals surface area contributed by atoms with Gasteiger partial charge in [0.25, 0.3) is 11.8 Å². The summed E-state index contributed by atoms with van der Waals surface area (Å²) >= 11 is 5.95. The standard InChI is InChI=1S/C18H14ClN3O4/c19-13-1-6-16(26-10-17(21)24)11(8-13)7-12(9-20)18(25)22-14-2-4-15(23)5-3-14/h1-8,23H,10H2,(H2,21,24)(H,22,25)/b12-7+. The lowest BCUT2D eigenvalue weighted by molar-refractivity contribution is -0.120. The highest BCUT2D eigenvalue weighted by Gasteiger charge is 2.12. The first-order chi connectivity index (χ1) is 12.4. The lowest BCUT2D eigenvalue weighted by atomic mass is 10.1. The van der Waals surface area contributed by atoms with Gasteiger partial charge in [-0.15, -0.1) is 0 Å². The number of nitriles is 1. The molecule has 0 heterocycles. The Hall–Kier alpha value is -3.50. The number of benzene rings is 2. The molecule has 8 heteroatoms. The Labute approximate surface area is 154 Å². The van der Waals surface area contributed by atoms with Gasteiger partial charge in [-0.25, -0.2) is 0 Å². The normalized spacial score (nSPS) is 10.7. The molecule has 2 amide bonds. The fraction of sp³-hybridized carbons (Fsp3) is 0.0556. The Morgan fingerprint density at radius 2 is 1.96 bits per heavy atom. The van der Waals surface area contributed by atoms with Crippen molar-refractivity contribution in [3.05, 3.63) is 58.6 Å². The SMILES string of the molecule is N#C/C(=C\c1cc(Cl)ccc1OCC(N)=O)C(=O)Nc1ccc(O)cc1. The molecule has 0 aliphatic rings. The first-order valence-electron chi connectivity index (χ1n) is 7.32. The van der Waals surface area contributed by atoms with Crippen molar-refractivity contribution in [3.8, 4) is 17.6 Å². The van der Waals surface area contributed by atoms with Crippen LogP contribution in [0.15, 0.2) is 48.0 Å². The van der Waals surface area contributed by atoms with Gasteiger partial charge in [-0.05, 0) is 48.5 Å². The molecule has 0 radical (unpaired) electrons. The van der Waals surface area contributed by atoms with Gasteiger partial charge in [-0.2, -0.15) is 5.26 Å². The molecule has 0 saturated carbocycles. The van der Waals surface area contributed by atoms with E-state index in [0.717, 1.165) is 0 Å². The van der Waals surface area contributed by atoms with Crippen LogP contribution in [0.1, 0.15) is 5.56 Å². The average molecular weight is 372 g/mol. The second kappa shape index (κ2) is 8.55. The third-order valence-corrected chi connectivity index (χ3v) is 3.37. The number of hydrogen-bond donors (Lipinski definition) is 3. The number of hydrogen-bond acceptors (Lipinski definition) is 5. The maximum atomic E-state index is 12.3. The highest BCUT2D eigenvalue weighted by molar-refractivity contribution is 6.30. The lowest BCUT2D eigenvalue weighted by Crippen LogP contribution is -2.20. The fourth-order valence-corrected chi connectivity index (χ4v) is 2.14. The van der Waals surface area contributed by atoms with E-state index < -0.39 is 11.8 Å². The molecule has 0 aliphatic heterocycles. The van der Waals surface area contributed by atoms with Gasteiger partial charge in [0.2, 0.25) is 0 Å². The van der Waals surface area contributed by atoms with Crippen LogP contribution in [0.3, 0.4) is 0 Å². The van der Waals surface area contributed by atoms with E-state index in [1.165, 1.54) is 48.5 Å². The zero-order chi connectivity index (χ0) is 19.1. The Kier molecular flexibility index (Phi) is 6.20. The molecular weight excluding hydrogens is 358 g/mol. The van der Waals surface area contributed by atoms with Crippen LogP contribution in [0.2, 0.25) is 5.02 Å². The summed E-state index contributed by atoms with van der Waals surface area (Å²) in [6, 6.07) is 12.1. The van der Waals surface area contributed by atoms with Crippen molar-refractivity contribution in [1.82, 2.24) is 0 Å². The Bertz CT molecular complexity index is 902.